The van der Waals surface area contributed by atoms with E-state index in [1.165, 1.54) is 0 Å². The Balaban J connectivity index is 1.93. The largest absolute Gasteiger partial charge is 0.490 e. The summed E-state index contributed by atoms with van der Waals surface area (Å²) in [4.78, 5) is 10.8. The van der Waals surface area contributed by atoms with E-state index in [2.05, 4.69) is 19.9 Å². The lowest BCUT2D eigenvalue weighted by Gasteiger charge is -2.15. The number of rotatable bonds is 9. The van der Waals surface area contributed by atoms with E-state index < -0.39 is 5.97 Å². The number of benzene rings is 2. The topological polar surface area (TPSA) is 55.8 Å². The van der Waals surface area contributed by atoms with E-state index in [-0.39, 0.29) is 6.42 Å². The molecule has 25 heavy (non-hydrogen) atoms. The number of carboxylic acids is 1. The number of hydrogen-bond acceptors (Lipinski definition) is 3. The van der Waals surface area contributed by atoms with E-state index in [4.69, 9.17) is 26.2 Å². The van der Waals surface area contributed by atoms with Gasteiger partial charge in [0.2, 0.25) is 0 Å². The van der Waals surface area contributed by atoms with Crippen molar-refractivity contribution in [2.75, 3.05) is 13.2 Å². The first-order valence-corrected chi connectivity index (χ1v) is 8.70. The van der Waals surface area contributed by atoms with Crippen LogP contribution in [0.15, 0.2) is 42.5 Å². The number of halogens is 1. The SMILES string of the molecule is CC(C)c1ccccc1OCCOc1ccc(Cl)cc1CCC(=O)O. The molecule has 0 aliphatic rings. The van der Waals surface area contributed by atoms with Crippen LogP contribution in [-0.2, 0) is 11.2 Å². The molecule has 0 aliphatic heterocycles. The molecule has 0 spiro atoms. The average molecular weight is 363 g/mol. The molecule has 0 fully saturated rings. The normalized spacial score (nSPS) is 10.7. The van der Waals surface area contributed by atoms with Crippen LogP contribution in [0.25, 0.3) is 0 Å². The van der Waals surface area contributed by atoms with Crippen LogP contribution < -0.4 is 9.47 Å². The summed E-state index contributed by atoms with van der Waals surface area (Å²) in [6.45, 7) is 5.03. The van der Waals surface area contributed by atoms with Gasteiger partial charge in [0, 0.05) is 11.4 Å². The molecule has 2 aromatic carbocycles. The van der Waals surface area contributed by atoms with Crippen LogP contribution in [0.3, 0.4) is 0 Å². The zero-order chi connectivity index (χ0) is 18.2. The average Bonchev–Trinajstić information content (AvgIpc) is 2.58. The van der Waals surface area contributed by atoms with Crippen LogP contribution in [0, 0.1) is 0 Å². The van der Waals surface area contributed by atoms with Crippen molar-refractivity contribution in [1.29, 1.82) is 0 Å². The molecule has 0 saturated heterocycles. The summed E-state index contributed by atoms with van der Waals surface area (Å²) in [5.74, 6) is 1.05. The first kappa shape index (κ1) is 19.1. The Morgan fingerprint density at radius 3 is 2.44 bits per heavy atom. The minimum atomic E-state index is -0.848. The van der Waals surface area contributed by atoms with E-state index in [1.807, 2.05) is 18.2 Å². The number of carbonyl (C=O) groups is 1. The summed E-state index contributed by atoms with van der Waals surface area (Å²) in [5.41, 5.74) is 1.95. The second-order valence-corrected chi connectivity index (χ2v) is 6.47. The molecule has 0 radical (unpaired) electrons. The molecule has 0 atom stereocenters. The van der Waals surface area contributed by atoms with Crippen LogP contribution in [0.1, 0.15) is 37.3 Å². The van der Waals surface area contributed by atoms with E-state index in [9.17, 15) is 4.79 Å². The van der Waals surface area contributed by atoms with Gasteiger partial charge in [0.15, 0.2) is 0 Å². The van der Waals surface area contributed by atoms with Crippen LogP contribution in [0.2, 0.25) is 5.02 Å². The highest BCUT2D eigenvalue weighted by Gasteiger charge is 2.09. The minimum absolute atomic E-state index is 0.0367. The maximum Gasteiger partial charge on any atom is 0.303 e. The van der Waals surface area contributed by atoms with Crippen molar-refractivity contribution in [1.82, 2.24) is 0 Å². The quantitative estimate of drug-likeness (QED) is 0.642. The van der Waals surface area contributed by atoms with Crippen LogP contribution in [0.5, 0.6) is 11.5 Å². The van der Waals surface area contributed by atoms with Crippen molar-refractivity contribution >= 4 is 17.6 Å². The molecule has 0 saturated carbocycles. The molecule has 1 N–H and O–H groups in total. The van der Waals surface area contributed by atoms with Crippen molar-refractivity contribution in [3.8, 4) is 11.5 Å². The number of ether oxygens (including phenoxy) is 2. The van der Waals surface area contributed by atoms with Gasteiger partial charge in [-0.15, -0.1) is 0 Å². The van der Waals surface area contributed by atoms with Crippen molar-refractivity contribution in [3.63, 3.8) is 0 Å². The van der Waals surface area contributed by atoms with Gasteiger partial charge in [-0.3, -0.25) is 4.79 Å². The lowest BCUT2D eigenvalue weighted by atomic mass is 10.0. The van der Waals surface area contributed by atoms with Gasteiger partial charge in [0.1, 0.15) is 24.7 Å². The minimum Gasteiger partial charge on any atom is -0.490 e. The third kappa shape index (κ3) is 5.98. The van der Waals surface area contributed by atoms with Gasteiger partial charge in [-0.2, -0.15) is 0 Å². The third-order valence-corrected chi connectivity index (χ3v) is 4.01. The maximum atomic E-state index is 10.8. The molecule has 0 bridgehead atoms. The molecule has 134 valence electrons. The molecule has 2 rings (SSSR count). The number of aryl methyl sites for hydroxylation is 1. The highest BCUT2D eigenvalue weighted by molar-refractivity contribution is 6.30. The Kier molecular flexibility index (Phi) is 7.14. The molecule has 0 aliphatic carbocycles. The van der Waals surface area contributed by atoms with Gasteiger partial charge in [0.05, 0.1) is 0 Å². The Hall–Kier alpha value is -2.20. The van der Waals surface area contributed by atoms with E-state index in [1.54, 1.807) is 18.2 Å². The predicted molar refractivity (Wildman–Crippen MR) is 98.9 cm³/mol. The van der Waals surface area contributed by atoms with Gasteiger partial charge in [0.25, 0.3) is 0 Å². The zero-order valence-electron chi connectivity index (χ0n) is 14.5. The molecular weight excluding hydrogens is 340 g/mol. The summed E-state index contributed by atoms with van der Waals surface area (Å²) in [7, 11) is 0. The van der Waals surface area contributed by atoms with Gasteiger partial charge in [-0.05, 0) is 47.7 Å². The zero-order valence-corrected chi connectivity index (χ0v) is 15.3. The molecule has 2 aromatic rings. The summed E-state index contributed by atoms with van der Waals surface area (Å²) in [6, 6.07) is 13.2. The molecule has 0 amide bonds. The molecule has 0 heterocycles. The fraction of sp³-hybridized carbons (Fsp3) is 0.350. The van der Waals surface area contributed by atoms with Crippen molar-refractivity contribution in [2.45, 2.75) is 32.6 Å². The predicted octanol–water partition coefficient (Wildman–Crippen LogP) is 4.94. The van der Waals surface area contributed by atoms with Crippen LogP contribution >= 0.6 is 11.6 Å². The molecule has 4 nitrogen and oxygen atoms in total. The first-order chi connectivity index (χ1) is 12.0. The number of hydrogen-bond donors (Lipinski definition) is 1. The molecule has 0 unspecified atom stereocenters. The maximum absolute atomic E-state index is 10.8. The van der Waals surface area contributed by atoms with E-state index in [0.717, 1.165) is 16.9 Å². The monoisotopic (exact) mass is 362 g/mol. The number of aliphatic carboxylic acids is 1. The van der Waals surface area contributed by atoms with Crippen LogP contribution in [-0.4, -0.2) is 24.3 Å². The Morgan fingerprint density at radius 1 is 1.08 bits per heavy atom. The second kappa shape index (κ2) is 9.33. The van der Waals surface area contributed by atoms with Crippen molar-refractivity contribution < 1.29 is 19.4 Å². The van der Waals surface area contributed by atoms with E-state index in [0.29, 0.717) is 36.3 Å². The number of para-hydroxylation sites is 1. The second-order valence-electron chi connectivity index (χ2n) is 6.04. The highest BCUT2D eigenvalue weighted by Crippen LogP contribution is 2.26. The Bertz CT molecular complexity index is 713. The Morgan fingerprint density at radius 2 is 1.76 bits per heavy atom. The van der Waals surface area contributed by atoms with Gasteiger partial charge >= 0.3 is 5.97 Å². The summed E-state index contributed by atoms with van der Waals surface area (Å²) in [5, 5.41) is 9.42. The molecule has 0 aromatic heterocycles. The lowest BCUT2D eigenvalue weighted by molar-refractivity contribution is -0.136. The standard InChI is InChI=1S/C20H23ClO4/c1-14(2)17-5-3-4-6-19(17)25-12-11-24-18-9-8-16(21)13-15(18)7-10-20(22)23/h3-6,8-9,13-14H,7,10-12H2,1-2H3,(H,22,23). The summed E-state index contributed by atoms with van der Waals surface area (Å²) >= 11 is 5.99. The number of carboxylic acid groups (broad SMARTS) is 1. The van der Waals surface area contributed by atoms with Gasteiger partial charge in [-0.25, -0.2) is 0 Å². The molecule has 5 heteroatoms. The summed E-state index contributed by atoms with van der Waals surface area (Å²) in [6.07, 6.45) is 0.414. The third-order valence-electron chi connectivity index (χ3n) is 3.77. The van der Waals surface area contributed by atoms with Crippen molar-refractivity contribution in [3.05, 3.63) is 58.6 Å². The fourth-order valence-electron chi connectivity index (χ4n) is 2.52. The highest BCUT2D eigenvalue weighted by atomic mass is 35.5. The fourth-order valence-corrected chi connectivity index (χ4v) is 2.71. The lowest BCUT2D eigenvalue weighted by Crippen LogP contribution is -2.11. The van der Waals surface area contributed by atoms with Gasteiger partial charge < -0.3 is 14.6 Å². The Labute approximate surface area is 153 Å². The van der Waals surface area contributed by atoms with Crippen molar-refractivity contribution in [2.24, 2.45) is 0 Å². The van der Waals surface area contributed by atoms with E-state index >= 15 is 0 Å². The van der Waals surface area contributed by atoms with Gasteiger partial charge in [-0.1, -0.05) is 43.6 Å². The first-order valence-electron chi connectivity index (χ1n) is 8.32. The molecular formula is C20H23ClO4. The smallest absolute Gasteiger partial charge is 0.303 e. The summed E-state index contributed by atoms with van der Waals surface area (Å²) < 4.78 is 11.6. The van der Waals surface area contributed by atoms with Crippen LogP contribution in [0.4, 0.5) is 0 Å².